The summed E-state index contributed by atoms with van der Waals surface area (Å²) in [5, 5.41) is 0. The highest BCUT2D eigenvalue weighted by atomic mass is 32.2. The molecule has 0 radical (unpaired) electrons. The highest BCUT2D eigenvalue weighted by Gasteiger charge is 2.67. The van der Waals surface area contributed by atoms with Gasteiger partial charge in [0.15, 0.2) is 11.2 Å². The summed E-state index contributed by atoms with van der Waals surface area (Å²) in [5.41, 5.74) is -1.56. The molecule has 0 N–H and O–H groups in total. The normalized spacial score (nSPS) is 34.6. The zero-order valence-electron chi connectivity index (χ0n) is 18.1. The van der Waals surface area contributed by atoms with Crippen LogP contribution in [0.25, 0.3) is 0 Å². The zero-order chi connectivity index (χ0) is 21.0. The van der Waals surface area contributed by atoms with Crippen molar-refractivity contribution in [2.24, 2.45) is 11.3 Å². The third-order valence-electron chi connectivity index (χ3n) is 7.49. The minimum absolute atomic E-state index is 0.109. The number of carbonyl (C=O) groups is 2. The van der Waals surface area contributed by atoms with Crippen LogP contribution in [0.3, 0.4) is 0 Å². The summed E-state index contributed by atoms with van der Waals surface area (Å²) in [4.78, 5) is 28.3. The highest BCUT2D eigenvalue weighted by Crippen LogP contribution is 2.56. The molecule has 5 heteroatoms. The monoisotopic (exact) mass is 430 g/mol. The number of Topliss-reactive ketones (excluding diaryl/α,β-unsaturated/α-hetero) is 1. The predicted octanol–water partition coefficient (Wildman–Crippen LogP) is 5.58. The van der Waals surface area contributed by atoms with Gasteiger partial charge in [0.2, 0.25) is 0 Å². The van der Waals surface area contributed by atoms with E-state index in [9.17, 15) is 9.59 Å². The van der Waals surface area contributed by atoms with Gasteiger partial charge in [0, 0.05) is 16.6 Å². The minimum atomic E-state index is -1.10. The van der Waals surface area contributed by atoms with Crippen LogP contribution in [0.1, 0.15) is 70.6 Å². The highest BCUT2D eigenvalue weighted by molar-refractivity contribution is 7.99. The number of methoxy groups -OCH3 is 1. The smallest absolute Gasteiger partial charge is 0.322 e. The molecular formula is C25H34O4S. The number of ketones is 1. The van der Waals surface area contributed by atoms with E-state index in [1.165, 1.54) is 31.3 Å². The lowest BCUT2D eigenvalue weighted by molar-refractivity contribution is -0.196. The number of ether oxygens (including phenoxy) is 2. The Balaban J connectivity index is 1.65. The van der Waals surface area contributed by atoms with E-state index < -0.39 is 11.0 Å². The van der Waals surface area contributed by atoms with Crippen LogP contribution in [0.5, 0.6) is 0 Å². The van der Waals surface area contributed by atoms with Crippen LogP contribution in [0, 0.1) is 11.3 Å². The maximum atomic E-state index is 14.1. The van der Waals surface area contributed by atoms with E-state index in [1.807, 2.05) is 18.2 Å². The van der Waals surface area contributed by atoms with Crippen LogP contribution < -0.4 is 0 Å². The van der Waals surface area contributed by atoms with Crippen molar-refractivity contribution in [1.29, 1.82) is 0 Å². The molecule has 1 aliphatic carbocycles. The number of hydrogen-bond donors (Lipinski definition) is 0. The Morgan fingerprint density at radius 2 is 1.73 bits per heavy atom. The Kier molecular flexibility index (Phi) is 6.88. The largest absolute Gasteiger partial charge is 0.468 e. The van der Waals surface area contributed by atoms with Gasteiger partial charge in [-0.15, -0.1) is 11.8 Å². The second kappa shape index (κ2) is 9.44. The summed E-state index contributed by atoms with van der Waals surface area (Å²) in [6, 6.07) is 10.3. The van der Waals surface area contributed by atoms with E-state index in [0.29, 0.717) is 6.42 Å². The topological polar surface area (TPSA) is 52.6 Å². The molecule has 1 aromatic carbocycles. The van der Waals surface area contributed by atoms with E-state index in [-0.39, 0.29) is 23.8 Å². The van der Waals surface area contributed by atoms with Crippen LogP contribution in [-0.2, 0) is 19.1 Å². The zero-order valence-corrected chi connectivity index (χ0v) is 18.9. The van der Waals surface area contributed by atoms with E-state index >= 15 is 0 Å². The van der Waals surface area contributed by atoms with E-state index in [4.69, 9.17) is 9.47 Å². The average Bonchev–Trinajstić information content (AvgIpc) is 3.17. The summed E-state index contributed by atoms with van der Waals surface area (Å²) >= 11 is 1.77. The maximum absolute atomic E-state index is 14.1. The molecule has 4 rings (SSSR count). The van der Waals surface area contributed by atoms with E-state index in [1.54, 1.807) is 11.8 Å². The molecule has 0 amide bonds. The second-order valence-corrected chi connectivity index (χ2v) is 10.3. The Bertz CT molecular complexity index is 751. The SMILES string of the molecule is COC(=O)[C@]12CCCCCCCCC[C@@H](C1=O)[C@]1(CSc3ccccc3)CC[C@H]2O1. The summed E-state index contributed by atoms with van der Waals surface area (Å²) in [5.74, 6) is 0.287. The fraction of sp³-hybridized carbons (Fsp3) is 0.680. The van der Waals surface area contributed by atoms with Gasteiger partial charge in [-0.1, -0.05) is 63.1 Å². The molecule has 4 bridgehead atoms. The fourth-order valence-corrected chi connectivity index (χ4v) is 7.02. The van der Waals surface area contributed by atoms with Gasteiger partial charge in [0.05, 0.1) is 18.8 Å². The Labute approximate surface area is 184 Å². The molecule has 2 heterocycles. The Morgan fingerprint density at radius 1 is 1.03 bits per heavy atom. The minimum Gasteiger partial charge on any atom is -0.468 e. The standard InChI is InChI=1S/C25H34O4S/c1-28-23(27)25-16-11-6-4-2-3-5-10-14-20(22(25)26)24(17-15-21(25)29-24)18-30-19-12-8-7-9-13-19/h7-9,12-13,20-21H,2-6,10-11,14-18H2,1H3/t20-,21+,24+,25-/m0/s1. The van der Waals surface area contributed by atoms with E-state index in [0.717, 1.165) is 50.7 Å². The number of fused-ring (bicyclic) bond motifs is 6. The summed E-state index contributed by atoms with van der Waals surface area (Å²) in [6.45, 7) is 0. The number of thioether (sulfide) groups is 1. The first-order chi connectivity index (χ1) is 14.6. The van der Waals surface area contributed by atoms with Gasteiger partial charge in [0.25, 0.3) is 0 Å². The lowest BCUT2D eigenvalue weighted by atomic mass is 9.65. The van der Waals surface area contributed by atoms with Crippen molar-refractivity contribution < 1.29 is 19.1 Å². The van der Waals surface area contributed by atoms with Gasteiger partial charge in [-0.25, -0.2) is 0 Å². The van der Waals surface area contributed by atoms with Gasteiger partial charge >= 0.3 is 5.97 Å². The van der Waals surface area contributed by atoms with Gasteiger partial charge < -0.3 is 9.47 Å². The van der Waals surface area contributed by atoms with Crippen molar-refractivity contribution >= 4 is 23.5 Å². The number of hydrogen-bond acceptors (Lipinski definition) is 5. The maximum Gasteiger partial charge on any atom is 0.322 e. The molecule has 3 aliphatic rings. The van der Waals surface area contributed by atoms with Crippen molar-refractivity contribution in [2.75, 3.05) is 12.9 Å². The number of benzene rings is 1. The average molecular weight is 431 g/mol. The first-order valence-electron chi connectivity index (χ1n) is 11.6. The molecule has 4 nitrogen and oxygen atoms in total. The Hall–Kier alpha value is -1.33. The predicted molar refractivity (Wildman–Crippen MR) is 119 cm³/mol. The Morgan fingerprint density at radius 3 is 2.47 bits per heavy atom. The summed E-state index contributed by atoms with van der Waals surface area (Å²) in [6.07, 6.45) is 10.5. The third-order valence-corrected chi connectivity index (χ3v) is 8.73. The quantitative estimate of drug-likeness (QED) is 0.355. The number of carbonyl (C=O) groups excluding carboxylic acids is 2. The van der Waals surface area contributed by atoms with Crippen molar-refractivity contribution in [3.8, 4) is 0 Å². The second-order valence-electron chi connectivity index (χ2n) is 9.20. The van der Waals surface area contributed by atoms with Crippen LogP contribution in [0.15, 0.2) is 35.2 Å². The van der Waals surface area contributed by atoms with Crippen LogP contribution in [0.2, 0.25) is 0 Å². The van der Waals surface area contributed by atoms with Crippen LogP contribution in [-0.4, -0.2) is 36.3 Å². The lowest BCUT2D eigenvalue weighted by Crippen LogP contribution is -2.61. The lowest BCUT2D eigenvalue weighted by Gasteiger charge is -2.48. The van der Waals surface area contributed by atoms with Gasteiger partial charge in [0.1, 0.15) is 0 Å². The molecule has 164 valence electrons. The third kappa shape index (κ3) is 3.95. The van der Waals surface area contributed by atoms with Gasteiger partial charge in [-0.05, 0) is 37.8 Å². The molecule has 3 fully saturated rings. The molecule has 0 spiro atoms. The molecule has 2 saturated heterocycles. The molecule has 0 aromatic heterocycles. The number of rotatable bonds is 4. The fourth-order valence-electron chi connectivity index (χ4n) is 5.85. The first kappa shape index (κ1) is 21.9. The van der Waals surface area contributed by atoms with Crippen LogP contribution >= 0.6 is 11.8 Å². The van der Waals surface area contributed by atoms with Crippen molar-refractivity contribution in [3.63, 3.8) is 0 Å². The molecular weight excluding hydrogens is 396 g/mol. The van der Waals surface area contributed by atoms with Gasteiger partial charge in [-0.3, -0.25) is 9.59 Å². The van der Waals surface area contributed by atoms with Crippen molar-refractivity contribution in [1.82, 2.24) is 0 Å². The molecule has 2 aliphatic heterocycles. The van der Waals surface area contributed by atoms with Crippen molar-refractivity contribution in [2.45, 2.75) is 87.2 Å². The van der Waals surface area contributed by atoms with Crippen LogP contribution in [0.4, 0.5) is 0 Å². The summed E-state index contributed by atoms with van der Waals surface area (Å²) < 4.78 is 12.0. The first-order valence-corrected chi connectivity index (χ1v) is 12.6. The summed E-state index contributed by atoms with van der Waals surface area (Å²) in [7, 11) is 1.41. The molecule has 1 aromatic rings. The molecule has 4 atom stereocenters. The molecule has 1 saturated carbocycles. The molecule has 30 heavy (non-hydrogen) atoms. The molecule has 0 unspecified atom stereocenters. The van der Waals surface area contributed by atoms with E-state index in [2.05, 4.69) is 12.1 Å². The number of esters is 1. The van der Waals surface area contributed by atoms with Crippen molar-refractivity contribution in [3.05, 3.63) is 30.3 Å². The van der Waals surface area contributed by atoms with Gasteiger partial charge in [-0.2, -0.15) is 0 Å².